The minimum absolute atomic E-state index is 0.0691. The third kappa shape index (κ3) is 4.81. The van der Waals surface area contributed by atoms with Crippen molar-refractivity contribution in [1.29, 1.82) is 0 Å². The lowest BCUT2D eigenvalue weighted by molar-refractivity contribution is -0.137. The molecule has 2 unspecified atom stereocenters. The predicted molar refractivity (Wildman–Crippen MR) is 81.1 cm³/mol. The van der Waals surface area contributed by atoms with E-state index in [-0.39, 0.29) is 18.4 Å². The van der Waals surface area contributed by atoms with Gasteiger partial charge in [0.25, 0.3) is 0 Å². The summed E-state index contributed by atoms with van der Waals surface area (Å²) in [6.45, 7) is 2.71. The molecule has 1 saturated heterocycles. The Labute approximate surface area is 125 Å². The molecule has 1 aromatic rings. The molecule has 2 N–H and O–H groups in total. The van der Waals surface area contributed by atoms with Gasteiger partial charge in [-0.2, -0.15) is 0 Å². The highest BCUT2D eigenvalue weighted by Gasteiger charge is 2.25. The molecule has 21 heavy (non-hydrogen) atoms. The second-order valence-electron chi connectivity index (χ2n) is 5.49. The van der Waals surface area contributed by atoms with Gasteiger partial charge < -0.3 is 20.1 Å². The van der Waals surface area contributed by atoms with Gasteiger partial charge in [-0.15, -0.1) is 0 Å². The van der Waals surface area contributed by atoms with E-state index < -0.39 is 6.10 Å². The molecule has 5 heteroatoms. The number of likely N-dealkylation sites (N-methyl/N-ethyl adjacent to an activating group) is 1. The zero-order chi connectivity index (χ0) is 15.1. The van der Waals surface area contributed by atoms with Crippen molar-refractivity contribution < 1.29 is 14.6 Å². The number of morpholine rings is 1. The van der Waals surface area contributed by atoms with E-state index >= 15 is 0 Å². The molecule has 0 aliphatic carbocycles. The Hall–Kier alpha value is -1.43. The lowest BCUT2D eigenvalue weighted by atomic mass is 9.96. The Bertz CT molecular complexity index is 438. The van der Waals surface area contributed by atoms with Gasteiger partial charge in [-0.1, -0.05) is 30.3 Å². The SMILES string of the molecule is CN1CCOC(C(=O)NCC(CCO)c2ccccc2)C1. The number of carbonyl (C=O) groups excluding carboxylic acids is 1. The van der Waals surface area contributed by atoms with Gasteiger partial charge in [0.1, 0.15) is 6.10 Å². The number of aliphatic hydroxyl groups is 1. The van der Waals surface area contributed by atoms with Crippen LogP contribution in [0, 0.1) is 0 Å². The van der Waals surface area contributed by atoms with Crippen LogP contribution in [0.2, 0.25) is 0 Å². The number of amides is 1. The Balaban J connectivity index is 1.88. The molecular formula is C16H24N2O3. The van der Waals surface area contributed by atoms with Crippen LogP contribution >= 0.6 is 0 Å². The first-order chi connectivity index (χ1) is 10.2. The Morgan fingerprint density at radius 3 is 2.90 bits per heavy atom. The highest BCUT2D eigenvalue weighted by atomic mass is 16.5. The number of hydrogen-bond donors (Lipinski definition) is 2. The molecule has 116 valence electrons. The third-order valence-corrected chi connectivity index (χ3v) is 3.83. The van der Waals surface area contributed by atoms with E-state index in [1.807, 2.05) is 37.4 Å². The van der Waals surface area contributed by atoms with Gasteiger partial charge in [-0.3, -0.25) is 4.79 Å². The standard InChI is InChI=1S/C16H24N2O3/c1-18-8-10-21-15(12-18)16(20)17-11-14(7-9-19)13-5-3-2-4-6-13/h2-6,14-15,19H,7-12H2,1H3,(H,17,20). The van der Waals surface area contributed by atoms with Crippen LogP contribution in [0.3, 0.4) is 0 Å². The van der Waals surface area contributed by atoms with Crippen LogP contribution in [0.4, 0.5) is 0 Å². The molecule has 0 spiro atoms. The molecule has 2 atom stereocenters. The summed E-state index contributed by atoms with van der Waals surface area (Å²) in [4.78, 5) is 14.3. The van der Waals surface area contributed by atoms with Crippen LogP contribution in [-0.4, -0.2) is 61.9 Å². The van der Waals surface area contributed by atoms with Crippen molar-refractivity contribution in [1.82, 2.24) is 10.2 Å². The number of benzene rings is 1. The third-order valence-electron chi connectivity index (χ3n) is 3.83. The fraction of sp³-hybridized carbons (Fsp3) is 0.562. The Morgan fingerprint density at radius 2 is 2.24 bits per heavy atom. The lowest BCUT2D eigenvalue weighted by Gasteiger charge is -2.29. The second kappa shape index (κ2) is 8.12. The molecule has 0 radical (unpaired) electrons. The summed E-state index contributed by atoms with van der Waals surface area (Å²) < 4.78 is 5.51. The van der Waals surface area contributed by atoms with Crippen LogP contribution in [0.15, 0.2) is 30.3 Å². The molecule has 0 aromatic heterocycles. The average Bonchev–Trinajstić information content (AvgIpc) is 2.52. The van der Waals surface area contributed by atoms with Gasteiger partial charge >= 0.3 is 0 Å². The van der Waals surface area contributed by atoms with E-state index in [0.717, 1.165) is 12.1 Å². The maximum Gasteiger partial charge on any atom is 0.250 e. The highest BCUT2D eigenvalue weighted by Crippen LogP contribution is 2.18. The number of nitrogens with one attached hydrogen (secondary N) is 1. The molecule has 1 amide bonds. The number of aliphatic hydroxyl groups excluding tert-OH is 1. The van der Waals surface area contributed by atoms with Gasteiger partial charge in [0.15, 0.2) is 0 Å². The molecular weight excluding hydrogens is 268 g/mol. The Kier molecular flexibility index (Phi) is 6.17. The van der Waals surface area contributed by atoms with Gasteiger partial charge in [0.2, 0.25) is 5.91 Å². The zero-order valence-corrected chi connectivity index (χ0v) is 12.5. The van der Waals surface area contributed by atoms with Crippen molar-refractivity contribution in [2.75, 3.05) is 39.9 Å². The van der Waals surface area contributed by atoms with Crippen molar-refractivity contribution in [3.05, 3.63) is 35.9 Å². The maximum absolute atomic E-state index is 12.2. The lowest BCUT2D eigenvalue weighted by Crippen LogP contribution is -2.49. The van der Waals surface area contributed by atoms with Gasteiger partial charge in [-0.05, 0) is 19.0 Å². The summed E-state index contributed by atoms with van der Waals surface area (Å²) in [5.74, 6) is 0.0573. The van der Waals surface area contributed by atoms with Crippen molar-refractivity contribution in [3.8, 4) is 0 Å². The topological polar surface area (TPSA) is 61.8 Å². The van der Waals surface area contributed by atoms with E-state index in [2.05, 4.69) is 10.2 Å². The predicted octanol–water partition coefficient (Wildman–Crippen LogP) is 0.599. The van der Waals surface area contributed by atoms with E-state index in [4.69, 9.17) is 4.74 Å². The second-order valence-corrected chi connectivity index (χ2v) is 5.49. The fourth-order valence-corrected chi connectivity index (χ4v) is 2.54. The van der Waals surface area contributed by atoms with Crippen molar-refractivity contribution >= 4 is 5.91 Å². The number of rotatable bonds is 6. The number of carbonyl (C=O) groups is 1. The first-order valence-corrected chi connectivity index (χ1v) is 7.44. The Morgan fingerprint density at radius 1 is 1.48 bits per heavy atom. The van der Waals surface area contributed by atoms with E-state index in [0.29, 0.717) is 26.1 Å². The highest BCUT2D eigenvalue weighted by molar-refractivity contribution is 5.81. The minimum atomic E-state index is -0.394. The molecule has 1 aliphatic rings. The maximum atomic E-state index is 12.2. The molecule has 5 nitrogen and oxygen atoms in total. The fourth-order valence-electron chi connectivity index (χ4n) is 2.54. The molecule has 1 heterocycles. The van der Waals surface area contributed by atoms with Crippen LogP contribution in [0.25, 0.3) is 0 Å². The summed E-state index contributed by atoms with van der Waals surface area (Å²) in [5, 5.41) is 12.2. The van der Waals surface area contributed by atoms with E-state index in [1.165, 1.54) is 0 Å². The molecule has 1 aromatic carbocycles. The summed E-state index contributed by atoms with van der Waals surface area (Å²) in [5.41, 5.74) is 1.13. The average molecular weight is 292 g/mol. The first-order valence-electron chi connectivity index (χ1n) is 7.44. The monoisotopic (exact) mass is 292 g/mol. The van der Waals surface area contributed by atoms with Crippen molar-refractivity contribution in [3.63, 3.8) is 0 Å². The molecule has 1 aliphatic heterocycles. The number of nitrogens with zero attached hydrogens (tertiary/aromatic N) is 1. The van der Waals surface area contributed by atoms with E-state index in [1.54, 1.807) is 0 Å². The van der Waals surface area contributed by atoms with Gasteiger partial charge in [0.05, 0.1) is 6.61 Å². The number of ether oxygens (including phenoxy) is 1. The normalized spacial score (nSPS) is 21.0. The van der Waals surface area contributed by atoms with Crippen LogP contribution in [0.5, 0.6) is 0 Å². The molecule has 0 saturated carbocycles. The van der Waals surface area contributed by atoms with Crippen LogP contribution in [0.1, 0.15) is 17.9 Å². The molecule has 0 bridgehead atoms. The number of hydrogen-bond acceptors (Lipinski definition) is 4. The minimum Gasteiger partial charge on any atom is -0.396 e. The van der Waals surface area contributed by atoms with Crippen LogP contribution < -0.4 is 5.32 Å². The molecule has 1 fully saturated rings. The van der Waals surface area contributed by atoms with Crippen molar-refractivity contribution in [2.45, 2.75) is 18.4 Å². The summed E-state index contributed by atoms with van der Waals surface area (Å²) in [6, 6.07) is 9.96. The van der Waals surface area contributed by atoms with Crippen molar-refractivity contribution in [2.24, 2.45) is 0 Å². The zero-order valence-electron chi connectivity index (χ0n) is 12.5. The van der Waals surface area contributed by atoms with Crippen LogP contribution in [-0.2, 0) is 9.53 Å². The summed E-state index contributed by atoms with van der Waals surface area (Å²) in [7, 11) is 1.99. The van der Waals surface area contributed by atoms with Gasteiger partial charge in [-0.25, -0.2) is 0 Å². The van der Waals surface area contributed by atoms with E-state index in [9.17, 15) is 9.90 Å². The quantitative estimate of drug-likeness (QED) is 0.806. The smallest absolute Gasteiger partial charge is 0.250 e. The molecule has 2 rings (SSSR count). The van der Waals surface area contributed by atoms with Gasteiger partial charge in [0, 0.05) is 32.2 Å². The summed E-state index contributed by atoms with van der Waals surface area (Å²) in [6.07, 6.45) is 0.240. The first kappa shape index (κ1) is 15.9. The largest absolute Gasteiger partial charge is 0.396 e. The summed E-state index contributed by atoms with van der Waals surface area (Å²) >= 11 is 0.